The summed E-state index contributed by atoms with van der Waals surface area (Å²) in [6.45, 7) is 6.59. The monoisotopic (exact) mass is 439 g/mol. The second-order valence-electron chi connectivity index (χ2n) is 8.13. The summed E-state index contributed by atoms with van der Waals surface area (Å²) in [7, 11) is 1.53. The van der Waals surface area contributed by atoms with Gasteiger partial charge in [0, 0.05) is 25.1 Å². The summed E-state index contributed by atoms with van der Waals surface area (Å²) in [4.78, 5) is 43.4. The molecule has 1 unspecified atom stereocenters. The van der Waals surface area contributed by atoms with Gasteiger partial charge in [0.1, 0.15) is 0 Å². The van der Waals surface area contributed by atoms with E-state index in [0.29, 0.717) is 25.3 Å². The largest absolute Gasteiger partial charge is 0.464 e. The summed E-state index contributed by atoms with van der Waals surface area (Å²) in [5.74, 6) is -0.233. The Morgan fingerprint density at radius 2 is 1.88 bits per heavy atom. The van der Waals surface area contributed by atoms with Crippen molar-refractivity contribution in [1.29, 1.82) is 0 Å². The van der Waals surface area contributed by atoms with Gasteiger partial charge in [-0.05, 0) is 20.4 Å². The van der Waals surface area contributed by atoms with Crippen LogP contribution in [0.1, 0.15) is 31.1 Å². The normalized spacial score (nSPS) is 12.0. The molecule has 0 aliphatic heterocycles. The van der Waals surface area contributed by atoms with Crippen molar-refractivity contribution in [2.45, 2.75) is 33.9 Å². The number of Topliss-reactive ketones (excluding diaryl/α,β-unsaturated/α-hetero) is 1. The summed E-state index contributed by atoms with van der Waals surface area (Å²) < 4.78 is 9.72. The van der Waals surface area contributed by atoms with Gasteiger partial charge in [-0.3, -0.25) is 23.3 Å². The van der Waals surface area contributed by atoms with Crippen molar-refractivity contribution in [2.24, 2.45) is 18.7 Å². The van der Waals surface area contributed by atoms with Crippen LogP contribution in [-0.4, -0.2) is 37.6 Å². The van der Waals surface area contributed by atoms with E-state index in [9.17, 15) is 14.4 Å². The standard InChI is InChI=1S/C23H29N5O4/c1-15(2)10-11-27-19-20(25-22(27)32-14-16(3)12-24)26(4)23(31)28(21(19)30)13-18(29)17-8-6-5-7-9-17/h5-10,16H,11-14,24H2,1-4H3. The van der Waals surface area contributed by atoms with Crippen LogP contribution in [-0.2, 0) is 20.1 Å². The van der Waals surface area contributed by atoms with Crippen molar-refractivity contribution in [3.8, 4) is 6.01 Å². The molecule has 0 saturated carbocycles. The number of aromatic nitrogens is 4. The molecule has 1 atom stereocenters. The number of carbonyl (C=O) groups is 1. The Bertz CT molecular complexity index is 1260. The summed E-state index contributed by atoms with van der Waals surface area (Å²) in [5, 5.41) is 0. The number of imidazole rings is 1. The number of carbonyl (C=O) groups excluding carboxylic acids is 1. The summed E-state index contributed by atoms with van der Waals surface area (Å²) in [6, 6.07) is 8.80. The predicted molar refractivity (Wildman–Crippen MR) is 123 cm³/mol. The van der Waals surface area contributed by atoms with Crippen molar-refractivity contribution in [2.75, 3.05) is 13.2 Å². The number of hydrogen-bond donors (Lipinski definition) is 1. The average molecular weight is 440 g/mol. The Balaban J connectivity index is 2.15. The fourth-order valence-electron chi connectivity index (χ4n) is 3.19. The maximum Gasteiger partial charge on any atom is 0.332 e. The highest BCUT2D eigenvalue weighted by atomic mass is 16.5. The number of hydrogen-bond acceptors (Lipinski definition) is 6. The smallest absolute Gasteiger partial charge is 0.332 e. The first kappa shape index (κ1) is 23.2. The van der Waals surface area contributed by atoms with Crippen LogP contribution in [0.25, 0.3) is 11.2 Å². The van der Waals surface area contributed by atoms with E-state index in [-0.39, 0.29) is 35.4 Å². The summed E-state index contributed by atoms with van der Waals surface area (Å²) in [6.07, 6.45) is 1.93. The second kappa shape index (κ2) is 9.78. The number of nitrogens with two attached hydrogens (primary N) is 1. The molecule has 170 valence electrons. The molecule has 0 aliphatic rings. The zero-order valence-corrected chi connectivity index (χ0v) is 18.9. The topological polar surface area (TPSA) is 114 Å². The first-order valence-corrected chi connectivity index (χ1v) is 10.5. The molecule has 0 amide bonds. The zero-order chi connectivity index (χ0) is 23.4. The molecule has 0 bridgehead atoms. The Kier molecular flexibility index (Phi) is 7.09. The summed E-state index contributed by atoms with van der Waals surface area (Å²) >= 11 is 0. The molecule has 0 fully saturated rings. The Hall–Kier alpha value is -3.46. The zero-order valence-electron chi connectivity index (χ0n) is 18.9. The van der Waals surface area contributed by atoms with Gasteiger partial charge in [0.15, 0.2) is 16.9 Å². The van der Waals surface area contributed by atoms with E-state index in [1.54, 1.807) is 34.9 Å². The van der Waals surface area contributed by atoms with Gasteiger partial charge in [-0.2, -0.15) is 4.98 Å². The predicted octanol–water partition coefficient (Wildman–Crippen LogP) is 1.72. The highest BCUT2D eigenvalue weighted by Gasteiger charge is 2.22. The molecule has 0 spiro atoms. The minimum Gasteiger partial charge on any atom is -0.464 e. The van der Waals surface area contributed by atoms with Crippen molar-refractivity contribution in [3.63, 3.8) is 0 Å². The first-order valence-electron chi connectivity index (χ1n) is 10.5. The molecule has 9 nitrogen and oxygen atoms in total. The number of aryl methyl sites for hydroxylation is 1. The number of fused-ring (bicyclic) bond motifs is 1. The Labute approximate surface area is 185 Å². The van der Waals surface area contributed by atoms with E-state index in [0.717, 1.165) is 10.1 Å². The number of rotatable bonds is 9. The van der Waals surface area contributed by atoms with Gasteiger partial charge < -0.3 is 10.5 Å². The van der Waals surface area contributed by atoms with E-state index in [1.807, 2.05) is 26.8 Å². The van der Waals surface area contributed by atoms with Gasteiger partial charge in [-0.15, -0.1) is 0 Å². The quantitative estimate of drug-likeness (QED) is 0.401. The fraction of sp³-hybridized carbons (Fsp3) is 0.391. The third kappa shape index (κ3) is 4.72. The van der Waals surface area contributed by atoms with E-state index in [4.69, 9.17) is 10.5 Å². The fourth-order valence-corrected chi connectivity index (χ4v) is 3.19. The molecule has 32 heavy (non-hydrogen) atoms. The van der Waals surface area contributed by atoms with Crippen LogP contribution in [0.15, 0.2) is 51.6 Å². The number of allylic oxidation sites excluding steroid dienone is 2. The van der Waals surface area contributed by atoms with E-state index in [1.165, 1.54) is 11.6 Å². The third-order valence-corrected chi connectivity index (χ3v) is 5.18. The van der Waals surface area contributed by atoms with Crippen molar-refractivity contribution < 1.29 is 9.53 Å². The Morgan fingerprint density at radius 1 is 1.19 bits per heavy atom. The molecule has 0 aliphatic carbocycles. The SMILES string of the molecule is CC(C)=CCn1c(OCC(C)CN)nc2c1c(=O)n(CC(=O)c1ccccc1)c(=O)n2C. The molecule has 2 N–H and O–H groups in total. The molecule has 2 aromatic heterocycles. The third-order valence-electron chi connectivity index (χ3n) is 5.18. The maximum absolute atomic E-state index is 13.4. The van der Waals surface area contributed by atoms with Crippen molar-refractivity contribution in [1.82, 2.24) is 18.7 Å². The second-order valence-corrected chi connectivity index (χ2v) is 8.13. The van der Waals surface area contributed by atoms with Crippen LogP contribution < -0.4 is 21.7 Å². The number of benzene rings is 1. The van der Waals surface area contributed by atoms with Gasteiger partial charge in [0.25, 0.3) is 11.6 Å². The van der Waals surface area contributed by atoms with Crippen LogP contribution in [0.3, 0.4) is 0 Å². The van der Waals surface area contributed by atoms with E-state index in [2.05, 4.69) is 4.98 Å². The van der Waals surface area contributed by atoms with Gasteiger partial charge in [-0.1, -0.05) is 48.9 Å². The molecule has 1 aromatic carbocycles. The molecule has 0 radical (unpaired) electrons. The Morgan fingerprint density at radius 3 is 2.50 bits per heavy atom. The molecule has 0 saturated heterocycles. The van der Waals surface area contributed by atoms with Crippen LogP contribution in [0.5, 0.6) is 6.01 Å². The molecule has 2 heterocycles. The molecular formula is C23H29N5O4. The van der Waals surface area contributed by atoms with Crippen LogP contribution in [0.4, 0.5) is 0 Å². The molecule has 3 aromatic rings. The van der Waals surface area contributed by atoms with E-state index >= 15 is 0 Å². The van der Waals surface area contributed by atoms with Gasteiger partial charge >= 0.3 is 5.69 Å². The average Bonchev–Trinajstić information content (AvgIpc) is 3.16. The lowest BCUT2D eigenvalue weighted by Crippen LogP contribution is -2.41. The van der Waals surface area contributed by atoms with Crippen LogP contribution in [0.2, 0.25) is 0 Å². The van der Waals surface area contributed by atoms with Crippen molar-refractivity contribution in [3.05, 3.63) is 68.4 Å². The number of ketones is 1. The number of nitrogens with zero attached hydrogens (tertiary/aromatic N) is 4. The highest BCUT2D eigenvalue weighted by Crippen LogP contribution is 2.19. The van der Waals surface area contributed by atoms with Gasteiger partial charge in [-0.25, -0.2) is 4.79 Å². The van der Waals surface area contributed by atoms with Gasteiger partial charge in [0.2, 0.25) is 0 Å². The highest BCUT2D eigenvalue weighted by molar-refractivity contribution is 5.95. The summed E-state index contributed by atoms with van der Waals surface area (Å²) in [5.41, 5.74) is 6.39. The minimum absolute atomic E-state index is 0.0932. The van der Waals surface area contributed by atoms with Gasteiger partial charge in [0.05, 0.1) is 13.2 Å². The lowest BCUT2D eigenvalue weighted by atomic mass is 10.1. The van der Waals surface area contributed by atoms with Crippen LogP contribution >= 0.6 is 0 Å². The molecule has 3 rings (SSSR count). The first-order chi connectivity index (χ1) is 15.2. The molecular weight excluding hydrogens is 410 g/mol. The minimum atomic E-state index is -0.611. The van der Waals surface area contributed by atoms with E-state index < -0.39 is 11.2 Å². The lowest BCUT2D eigenvalue weighted by molar-refractivity contribution is 0.0969. The maximum atomic E-state index is 13.4. The number of ether oxygens (including phenoxy) is 1. The van der Waals surface area contributed by atoms with Crippen molar-refractivity contribution >= 4 is 16.9 Å². The lowest BCUT2D eigenvalue weighted by Gasteiger charge is -2.12. The van der Waals surface area contributed by atoms with Crippen LogP contribution in [0, 0.1) is 5.92 Å². The molecule has 9 heteroatoms.